The van der Waals surface area contributed by atoms with E-state index < -0.39 is 0 Å². The summed E-state index contributed by atoms with van der Waals surface area (Å²) in [7, 11) is 0. The molecule has 5 unspecified atom stereocenters. The van der Waals surface area contributed by atoms with Gasteiger partial charge < -0.3 is 4.90 Å². The SMILES string of the molecule is c1ccc(-c2ccc(-c3ccc(N(c4ccc(-c5ccc6ccccc6c5)cc4)c4ccc5c(c4)-c4ccccc4C54CC5CCC6CC5CC4C6)cc3)cc2)cc1. The van der Waals surface area contributed by atoms with Crippen molar-refractivity contribution in [3.8, 4) is 44.5 Å². The highest BCUT2D eigenvalue weighted by Gasteiger charge is 2.57. The Labute approximate surface area is 342 Å². The molecule has 1 spiro atoms. The van der Waals surface area contributed by atoms with Crippen LogP contribution in [-0.4, -0.2) is 0 Å². The highest BCUT2D eigenvalue weighted by molar-refractivity contribution is 5.90. The summed E-state index contributed by atoms with van der Waals surface area (Å²) in [4.78, 5) is 2.47. The van der Waals surface area contributed by atoms with Crippen molar-refractivity contribution < 1.29 is 0 Å². The van der Waals surface area contributed by atoms with Gasteiger partial charge in [-0.05, 0) is 165 Å². The molecule has 8 aromatic carbocycles. The molecule has 1 heteroatoms. The zero-order chi connectivity index (χ0) is 38.2. The second-order valence-electron chi connectivity index (χ2n) is 17.8. The summed E-state index contributed by atoms with van der Waals surface area (Å²) in [5.74, 6) is 3.47. The molecular weight excluding hydrogens is 699 g/mol. The number of rotatable bonds is 6. The minimum absolute atomic E-state index is 0.148. The first kappa shape index (κ1) is 33.9. The molecule has 0 N–H and O–H groups in total. The number of hydrogen-bond donors (Lipinski definition) is 0. The first-order valence-electron chi connectivity index (χ1n) is 21.6. The summed E-state index contributed by atoms with van der Waals surface area (Å²) < 4.78 is 0. The van der Waals surface area contributed by atoms with Gasteiger partial charge in [-0.2, -0.15) is 0 Å². The predicted octanol–water partition coefficient (Wildman–Crippen LogP) is 15.4. The molecule has 0 aromatic heterocycles. The van der Waals surface area contributed by atoms with Crippen LogP contribution in [0.3, 0.4) is 0 Å². The Kier molecular flexibility index (Phi) is 7.87. The average molecular weight is 746 g/mol. The maximum absolute atomic E-state index is 2.55. The van der Waals surface area contributed by atoms with Crippen molar-refractivity contribution in [2.24, 2.45) is 23.7 Å². The van der Waals surface area contributed by atoms with Crippen LogP contribution in [0, 0.1) is 23.7 Å². The largest absolute Gasteiger partial charge is 0.310 e. The smallest absolute Gasteiger partial charge is 0.0468 e. The van der Waals surface area contributed by atoms with Crippen LogP contribution in [0.2, 0.25) is 0 Å². The van der Waals surface area contributed by atoms with E-state index in [2.05, 4.69) is 193 Å². The third-order valence-corrected chi connectivity index (χ3v) is 14.8. The molecule has 4 aliphatic carbocycles. The van der Waals surface area contributed by atoms with Gasteiger partial charge in [0.1, 0.15) is 0 Å². The molecule has 12 rings (SSSR count). The summed E-state index contributed by atoms with van der Waals surface area (Å²) >= 11 is 0. The normalized spacial score (nSPS) is 22.5. The molecular formula is C57H47N. The van der Waals surface area contributed by atoms with E-state index in [1.165, 1.54) is 99.5 Å². The average Bonchev–Trinajstić information content (AvgIpc) is 3.57. The summed E-state index contributed by atoms with van der Waals surface area (Å²) in [6, 6.07) is 70.4. The molecule has 8 aromatic rings. The Morgan fingerprint density at radius 2 is 0.948 bits per heavy atom. The van der Waals surface area contributed by atoms with Crippen LogP contribution in [0.5, 0.6) is 0 Å². The quantitative estimate of drug-likeness (QED) is 0.164. The first-order valence-corrected chi connectivity index (χ1v) is 21.6. The van der Waals surface area contributed by atoms with E-state index >= 15 is 0 Å². The molecule has 5 atom stereocenters. The Morgan fingerprint density at radius 3 is 1.69 bits per heavy atom. The lowest BCUT2D eigenvalue weighted by atomic mass is 9.47. The van der Waals surface area contributed by atoms with Crippen molar-refractivity contribution in [3.63, 3.8) is 0 Å². The molecule has 3 fully saturated rings. The second kappa shape index (κ2) is 13.5. The van der Waals surface area contributed by atoms with Gasteiger partial charge in [0.2, 0.25) is 0 Å². The van der Waals surface area contributed by atoms with Crippen molar-refractivity contribution in [2.75, 3.05) is 4.90 Å². The van der Waals surface area contributed by atoms with E-state index in [-0.39, 0.29) is 5.41 Å². The van der Waals surface area contributed by atoms with Gasteiger partial charge in [0.05, 0.1) is 0 Å². The predicted molar refractivity (Wildman–Crippen MR) is 243 cm³/mol. The zero-order valence-corrected chi connectivity index (χ0v) is 32.9. The Hall–Kier alpha value is -6.18. The van der Waals surface area contributed by atoms with Gasteiger partial charge in [0, 0.05) is 22.5 Å². The van der Waals surface area contributed by atoms with E-state index in [9.17, 15) is 0 Å². The third-order valence-electron chi connectivity index (χ3n) is 14.8. The molecule has 0 radical (unpaired) electrons. The fourth-order valence-electron chi connectivity index (χ4n) is 12.1. The van der Waals surface area contributed by atoms with Gasteiger partial charge in [0.15, 0.2) is 0 Å². The fourth-order valence-corrected chi connectivity index (χ4v) is 12.1. The van der Waals surface area contributed by atoms with Crippen molar-refractivity contribution in [3.05, 3.63) is 199 Å². The summed E-state index contributed by atoms with van der Waals surface area (Å²) in [6.45, 7) is 0. The number of fused-ring (bicyclic) bond motifs is 9. The van der Waals surface area contributed by atoms with Gasteiger partial charge in [-0.25, -0.2) is 0 Å². The molecule has 0 saturated heterocycles. The molecule has 3 bridgehead atoms. The van der Waals surface area contributed by atoms with Gasteiger partial charge in [-0.1, -0.05) is 152 Å². The minimum atomic E-state index is 0.148. The van der Waals surface area contributed by atoms with Crippen molar-refractivity contribution in [1.82, 2.24) is 0 Å². The van der Waals surface area contributed by atoms with Crippen molar-refractivity contribution >= 4 is 27.8 Å². The van der Waals surface area contributed by atoms with E-state index in [1.807, 2.05) is 0 Å². The van der Waals surface area contributed by atoms with E-state index in [1.54, 1.807) is 11.1 Å². The maximum Gasteiger partial charge on any atom is 0.0468 e. The van der Waals surface area contributed by atoms with E-state index in [0.717, 1.165) is 35.0 Å². The molecule has 280 valence electrons. The Balaban J connectivity index is 0.950. The van der Waals surface area contributed by atoms with E-state index in [4.69, 9.17) is 0 Å². The minimum Gasteiger partial charge on any atom is -0.310 e. The molecule has 3 saturated carbocycles. The van der Waals surface area contributed by atoms with E-state index in [0.29, 0.717) is 0 Å². The van der Waals surface area contributed by atoms with Crippen LogP contribution in [0.15, 0.2) is 188 Å². The lowest BCUT2D eigenvalue weighted by Crippen LogP contribution is -2.50. The zero-order valence-electron chi connectivity index (χ0n) is 32.9. The van der Waals surface area contributed by atoms with Gasteiger partial charge in [0.25, 0.3) is 0 Å². The topological polar surface area (TPSA) is 3.24 Å². The van der Waals surface area contributed by atoms with Crippen LogP contribution in [0.25, 0.3) is 55.3 Å². The highest BCUT2D eigenvalue weighted by Crippen LogP contribution is 2.66. The van der Waals surface area contributed by atoms with Crippen LogP contribution in [0.4, 0.5) is 17.1 Å². The van der Waals surface area contributed by atoms with Gasteiger partial charge in [-0.3, -0.25) is 0 Å². The third kappa shape index (κ3) is 5.43. The first-order chi connectivity index (χ1) is 28.7. The number of hydrogen-bond acceptors (Lipinski definition) is 1. The molecule has 1 nitrogen and oxygen atoms in total. The second-order valence-corrected chi connectivity index (χ2v) is 17.8. The standard InChI is InChI=1S/C57H47N/c1-2-8-39(9-3-1)41-16-18-42(19-17-41)43-22-26-50(27-23-43)58(51-28-24-44(25-29-51)46-21-20-40-10-4-5-11-45(40)34-46)52-30-31-56-54(36-52)53-12-6-7-13-55(53)57(56)37-47-15-14-38-32-48(47)35-49(57)33-38/h1-13,16-31,34,36,38,47-49H,14-15,32-33,35,37H2. The summed E-state index contributed by atoms with van der Waals surface area (Å²) in [5.41, 5.74) is 17.2. The van der Waals surface area contributed by atoms with Crippen LogP contribution in [-0.2, 0) is 5.41 Å². The lowest BCUT2D eigenvalue weighted by molar-refractivity contribution is -0.0103. The van der Waals surface area contributed by atoms with Crippen molar-refractivity contribution in [2.45, 2.75) is 43.9 Å². The summed E-state index contributed by atoms with van der Waals surface area (Å²) in [6.07, 6.45) is 8.50. The van der Waals surface area contributed by atoms with Crippen LogP contribution in [0.1, 0.15) is 49.7 Å². The molecule has 4 aliphatic rings. The molecule has 0 heterocycles. The number of nitrogens with zero attached hydrogens (tertiary/aromatic N) is 1. The maximum atomic E-state index is 2.55. The summed E-state index contributed by atoms with van der Waals surface area (Å²) in [5, 5.41) is 2.54. The fraction of sp³-hybridized carbons (Fsp3) is 0.193. The highest BCUT2D eigenvalue weighted by atomic mass is 15.1. The number of anilines is 3. The Morgan fingerprint density at radius 1 is 0.379 bits per heavy atom. The van der Waals surface area contributed by atoms with Crippen LogP contribution < -0.4 is 4.90 Å². The van der Waals surface area contributed by atoms with Crippen molar-refractivity contribution in [1.29, 1.82) is 0 Å². The lowest BCUT2D eigenvalue weighted by Gasteiger charge is -2.57. The van der Waals surface area contributed by atoms with Gasteiger partial charge >= 0.3 is 0 Å². The molecule has 0 amide bonds. The molecule has 58 heavy (non-hydrogen) atoms. The monoisotopic (exact) mass is 745 g/mol. The van der Waals surface area contributed by atoms with Gasteiger partial charge in [-0.15, -0.1) is 0 Å². The molecule has 0 aliphatic heterocycles. The Bertz CT molecular complexity index is 2800. The number of benzene rings is 8. The van der Waals surface area contributed by atoms with Crippen LogP contribution >= 0.6 is 0 Å².